The maximum absolute atomic E-state index is 13.0. The Morgan fingerprint density at radius 1 is 0.967 bits per heavy atom. The fraction of sp³-hybridized carbons (Fsp3) is 0. The first kappa shape index (κ1) is 18.2. The average Bonchev–Trinajstić information content (AvgIpc) is 3.42. The zero-order chi connectivity index (χ0) is 20.7. The second-order valence-corrected chi connectivity index (χ2v) is 8.84. The number of thiophene rings is 2. The van der Waals surface area contributed by atoms with E-state index in [4.69, 9.17) is 0 Å². The van der Waals surface area contributed by atoms with E-state index in [0.29, 0.717) is 22.3 Å². The molecule has 4 nitrogen and oxygen atoms in total. The van der Waals surface area contributed by atoms with Gasteiger partial charge in [0.1, 0.15) is 17.7 Å². The molecule has 140 valence electrons. The highest BCUT2D eigenvalue weighted by Crippen LogP contribution is 2.42. The fourth-order valence-corrected chi connectivity index (χ4v) is 5.91. The topological polar surface area (TPSA) is 77.5 Å². The Bertz CT molecular complexity index is 1430. The molecule has 4 aromatic rings. The molecule has 3 heterocycles. The summed E-state index contributed by atoms with van der Waals surface area (Å²) in [5, 5.41) is 18.9. The summed E-state index contributed by atoms with van der Waals surface area (Å²) < 4.78 is 2.25. The first-order valence-corrected chi connectivity index (χ1v) is 10.7. The van der Waals surface area contributed by atoms with Crippen molar-refractivity contribution in [3.8, 4) is 22.6 Å². The van der Waals surface area contributed by atoms with Crippen LogP contribution >= 0.6 is 22.7 Å². The summed E-state index contributed by atoms with van der Waals surface area (Å²) in [4.78, 5) is 19.3. The summed E-state index contributed by atoms with van der Waals surface area (Å²) >= 11 is 3.26. The van der Waals surface area contributed by atoms with Crippen molar-refractivity contribution in [2.45, 2.75) is 0 Å². The highest BCUT2D eigenvalue weighted by Gasteiger charge is 2.32. The number of hydrogen-bond donors (Lipinski definition) is 0. The lowest BCUT2D eigenvalue weighted by Gasteiger charge is -2.01. The number of rotatable bonds is 2. The molecule has 0 saturated carbocycles. The molecule has 1 aliphatic carbocycles. The minimum absolute atomic E-state index is 0.0446. The van der Waals surface area contributed by atoms with Gasteiger partial charge >= 0.3 is 0 Å². The predicted molar refractivity (Wildman–Crippen MR) is 120 cm³/mol. The lowest BCUT2D eigenvalue weighted by molar-refractivity contribution is 0.104. The number of pyridine rings is 1. The van der Waals surface area contributed by atoms with Gasteiger partial charge in [-0.15, -0.1) is 22.7 Å². The van der Waals surface area contributed by atoms with Crippen molar-refractivity contribution in [1.29, 1.82) is 10.5 Å². The van der Waals surface area contributed by atoms with Gasteiger partial charge in [-0.3, -0.25) is 9.78 Å². The van der Waals surface area contributed by atoms with Gasteiger partial charge in [-0.1, -0.05) is 30.3 Å². The van der Waals surface area contributed by atoms with Crippen LogP contribution in [0.25, 0.3) is 31.5 Å². The van der Waals surface area contributed by atoms with Crippen LogP contribution in [0.15, 0.2) is 72.1 Å². The molecule has 0 spiro atoms. The Balaban J connectivity index is 1.62. The molecular formula is C24H11N3OS2. The normalized spacial score (nSPS) is 14.0. The molecule has 3 aromatic heterocycles. The molecule has 6 heteroatoms. The van der Waals surface area contributed by atoms with Gasteiger partial charge in [0, 0.05) is 53.8 Å². The molecule has 1 aliphatic rings. The number of aromatic nitrogens is 1. The number of benzene rings is 1. The second kappa shape index (κ2) is 7.20. The number of carbonyl (C=O) groups is 1. The summed E-state index contributed by atoms with van der Waals surface area (Å²) in [7, 11) is 0. The van der Waals surface area contributed by atoms with Gasteiger partial charge in [-0.05, 0) is 29.8 Å². The molecule has 0 aliphatic heterocycles. The van der Waals surface area contributed by atoms with E-state index >= 15 is 0 Å². The number of carbonyl (C=O) groups excluding carboxylic acids is 1. The summed E-state index contributed by atoms with van der Waals surface area (Å²) in [6.45, 7) is 0. The number of ketones is 1. The van der Waals surface area contributed by atoms with Gasteiger partial charge in [-0.25, -0.2) is 0 Å². The number of nitriles is 2. The standard InChI is InChI=1S/C24H11N3OS2/c25-11-15(12-26)23-17-5-1-2-6-18(17)24(28)19(23)8-16-9-21-22(29-16)10-20(30-21)14-4-3-7-27-13-14/h1-10,13H/b19-8-. The molecule has 0 radical (unpaired) electrons. The molecular weight excluding hydrogens is 410 g/mol. The van der Waals surface area contributed by atoms with Crippen LogP contribution in [0.4, 0.5) is 0 Å². The summed E-state index contributed by atoms with van der Waals surface area (Å²) in [5.41, 5.74) is 3.02. The molecule has 0 N–H and O–H groups in total. The summed E-state index contributed by atoms with van der Waals surface area (Å²) in [5.74, 6) is -0.156. The largest absolute Gasteiger partial charge is 0.289 e. The lowest BCUT2D eigenvalue weighted by atomic mass is 9.99. The van der Waals surface area contributed by atoms with E-state index in [-0.39, 0.29) is 11.4 Å². The van der Waals surface area contributed by atoms with Gasteiger partial charge in [0.25, 0.3) is 0 Å². The molecule has 5 rings (SSSR count). The fourth-order valence-electron chi connectivity index (χ4n) is 3.57. The van der Waals surface area contributed by atoms with Crippen molar-refractivity contribution in [1.82, 2.24) is 4.98 Å². The molecule has 0 bridgehead atoms. The summed E-state index contributed by atoms with van der Waals surface area (Å²) in [6.07, 6.45) is 5.39. The van der Waals surface area contributed by atoms with Crippen molar-refractivity contribution in [3.05, 3.63) is 88.1 Å². The highest BCUT2D eigenvalue weighted by atomic mass is 32.1. The quantitative estimate of drug-likeness (QED) is 0.289. The van der Waals surface area contributed by atoms with Gasteiger partial charge in [0.05, 0.1) is 0 Å². The third kappa shape index (κ3) is 2.87. The Morgan fingerprint density at radius 2 is 1.73 bits per heavy atom. The van der Waals surface area contributed by atoms with Crippen LogP contribution in [-0.2, 0) is 0 Å². The Hall–Kier alpha value is -3.84. The van der Waals surface area contributed by atoms with E-state index in [0.717, 1.165) is 24.7 Å². The molecule has 0 amide bonds. The number of fused-ring (bicyclic) bond motifs is 2. The zero-order valence-electron chi connectivity index (χ0n) is 15.4. The van der Waals surface area contributed by atoms with Gasteiger partial charge in [-0.2, -0.15) is 10.5 Å². The Morgan fingerprint density at radius 3 is 2.43 bits per heavy atom. The third-order valence-electron chi connectivity index (χ3n) is 4.89. The number of nitrogens with zero attached hydrogens (tertiary/aromatic N) is 3. The van der Waals surface area contributed by atoms with Crippen LogP contribution in [0.2, 0.25) is 0 Å². The minimum Gasteiger partial charge on any atom is -0.289 e. The van der Waals surface area contributed by atoms with Crippen LogP contribution in [-0.4, -0.2) is 10.8 Å². The maximum Gasteiger partial charge on any atom is 0.194 e. The Labute approximate surface area is 180 Å². The molecule has 0 saturated heterocycles. The van der Waals surface area contributed by atoms with Crippen molar-refractivity contribution >= 4 is 49.5 Å². The average molecular weight is 422 g/mol. The van der Waals surface area contributed by atoms with Crippen molar-refractivity contribution in [2.75, 3.05) is 0 Å². The van der Waals surface area contributed by atoms with Crippen LogP contribution in [0.5, 0.6) is 0 Å². The van der Waals surface area contributed by atoms with E-state index in [1.165, 1.54) is 0 Å². The summed E-state index contributed by atoms with van der Waals surface area (Å²) in [6, 6.07) is 19.1. The molecule has 0 fully saturated rings. The minimum atomic E-state index is -0.156. The van der Waals surface area contributed by atoms with Gasteiger partial charge in [0.2, 0.25) is 0 Å². The number of Topliss-reactive ketones (excluding diaryl/α,β-unsaturated/α-hetero) is 1. The number of allylic oxidation sites excluding steroid dienone is 3. The second-order valence-electron chi connectivity index (χ2n) is 6.64. The van der Waals surface area contributed by atoms with Crippen LogP contribution < -0.4 is 0 Å². The van der Waals surface area contributed by atoms with Gasteiger partial charge in [0.15, 0.2) is 5.78 Å². The first-order valence-electron chi connectivity index (χ1n) is 9.04. The molecule has 0 unspecified atom stereocenters. The molecule has 1 aromatic carbocycles. The van der Waals surface area contributed by atoms with Crippen LogP contribution in [0, 0.1) is 22.7 Å². The van der Waals surface area contributed by atoms with E-state index < -0.39 is 0 Å². The van der Waals surface area contributed by atoms with E-state index in [9.17, 15) is 15.3 Å². The highest BCUT2D eigenvalue weighted by molar-refractivity contribution is 7.29. The zero-order valence-corrected chi connectivity index (χ0v) is 17.1. The van der Waals surface area contributed by atoms with E-state index in [2.05, 4.69) is 11.1 Å². The monoisotopic (exact) mass is 421 g/mol. The van der Waals surface area contributed by atoms with E-state index in [1.54, 1.807) is 53.1 Å². The molecule has 30 heavy (non-hydrogen) atoms. The van der Waals surface area contributed by atoms with Crippen LogP contribution in [0.3, 0.4) is 0 Å². The van der Waals surface area contributed by atoms with Crippen molar-refractivity contribution < 1.29 is 4.79 Å². The molecule has 0 atom stereocenters. The van der Waals surface area contributed by atoms with Crippen LogP contribution in [0.1, 0.15) is 20.8 Å². The third-order valence-corrected chi connectivity index (χ3v) is 7.18. The smallest absolute Gasteiger partial charge is 0.194 e. The Kier molecular flexibility index (Phi) is 4.37. The SMILES string of the molecule is N#CC(C#N)=C1/C(=C/c2cc3sc(-c4cccnc4)cc3s2)C(=O)c2ccccc21. The van der Waals surface area contributed by atoms with Crippen molar-refractivity contribution in [2.24, 2.45) is 0 Å². The lowest BCUT2D eigenvalue weighted by Crippen LogP contribution is -1.95. The first-order chi connectivity index (χ1) is 14.7. The van der Waals surface area contributed by atoms with Gasteiger partial charge < -0.3 is 0 Å². The van der Waals surface area contributed by atoms with Crippen molar-refractivity contribution in [3.63, 3.8) is 0 Å². The maximum atomic E-state index is 13.0. The van der Waals surface area contributed by atoms with E-state index in [1.807, 2.05) is 42.6 Å². The number of hydrogen-bond acceptors (Lipinski definition) is 6. The predicted octanol–water partition coefficient (Wildman–Crippen LogP) is 6.11.